The zero-order valence-electron chi connectivity index (χ0n) is 21.3. The summed E-state index contributed by atoms with van der Waals surface area (Å²) in [4.78, 5) is 43.3. The number of pyridine rings is 3. The molecule has 0 saturated carbocycles. The number of aromatic nitrogens is 5. The fourth-order valence-electron chi connectivity index (χ4n) is 4.84. The number of benzene rings is 2. The first-order chi connectivity index (χ1) is 20.0. The molecular formula is C31H21BrN6O3. The van der Waals surface area contributed by atoms with Crippen LogP contribution in [-0.2, 0) is 0 Å². The minimum atomic E-state index is -0.942. The van der Waals surface area contributed by atoms with E-state index in [0.717, 1.165) is 44.7 Å². The van der Waals surface area contributed by atoms with E-state index in [1.54, 1.807) is 36.8 Å². The fourth-order valence-corrected chi connectivity index (χ4v) is 5.20. The Morgan fingerprint density at radius 3 is 2.39 bits per heavy atom. The topological polar surface area (TPSA) is 134 Å². The number of carboxylic acid groups (broad SMARTS) is 1. The number of carbonyl (C=O) groups excluding carboxylic acids is 1. The van der Waals surface area contributed by atoms with Crippen molar-refractivity contribution in [2.75, 3.05) is 0 Å². The van der Waals surface area contributed by atoms with E-state index in [1.807, 2.05) is 24.3 Å². The van der Waals surface area contributed by atoms with Crippen molar-refractivity contribution in [3.05, 3.63) is 131 Å². The third-order valence-corrected chi connectivity index (χ3v) is 7.09. The number of halogens is 1. The van der Waals surface area contributed by atoms with Crippen LogP contribution in [0.25, 0.3) is 33.5 Å². The second-order valence-corrected chi connectivity index (χ2v) is 9.97. The maximum Gasteiger partial charge on any atom is 0.337 e. The van der Waals surface area contributed by atoms with E-state index in [2.05, 4.69) is 65.4 Å². The lowest BCUT2D eigenvalue weighted by molar-refractivity contribution is 0.0696. The average molecular weight is 605 g/mol. The van der Waals surface area contributed by atoms with E-state index in [-0.39, 0.29) is 17.5 Å². The molecule has 0 bridgehead atoms. The lowest BCUT2D eigenvalue weighted by atomic mass is 9.98. The molecule has 0 radical (unpaired) electrons. The highest BCUT2D eigenvalue weighted by atomic mass is 79.9. The van der Waals surface area contributed by atoms with Gasteiger partial charge in [-0.25, -0.2) is 14.8 Å². The van der Waals surface area contributed by atoms with Gasteiger partial charge < -0.3 is 15.4 Å². The van der Waals surface area contributed by atoms with Crippen LogP contribution in [-0.4, -0.2) is 41.9 Å². The highest BCUT2D eigenvalue weighted by Gasteiger charge is 2.32. The maximum absolute atomic E-state index is 13.1. The van der Waals surface area contributed by atoms with E-state index in [1.165, 1.54) is 18.5 Å². The molecule has 1 atom stereocenters. The molecule has 4 heterocycles. The van der Waals surface area contributed by atoms with Crippen LogP contribution < -0.4 is 5.32 Å². The number of carboxylic acids is 1. The number of hydrogen-bond donors (Lipinski definition) is 3. The lowest BCUT2D eigenvalue weighted by Crippen LogP contribution is -2.28. The van der Waals surface area contributed by atoms with Crippen molar-refractivity contribution in [2.24, 2.45) is 0 Å². The smallest absolute Gasteiger partial charge is 0.337 e. The molecule has 200 valence electrons. The number of H-pyrrole nitrogens is 1. The summed E-state index contributed by atoms with van der Waals surface area (Å²) in [5.74, 6) is -0.311. The van der Waals surface area contributed by atoms with Gasteiger partial charge in [-0.05, 0) is 68.5 Å². The van der Waals surface area contributed by atoms with E-state index in [9.17, 15) is 9.59 Å². The van der Waals surface area contributed by atoms with Gasteiger partial charge in [0, 0.05) is 35.9 Å². The van der Waals surface area contributed by atoms with Crippen molar-refractivity contribution in [1.82, 2.24) is 30.2 Å². The number of nitrogens with zero attached hydrogens (tertiary/aromatic N) is 4. The third kappa shape index (κ3) is 5.20. The number of imidazole rings is 1. The van der Waals surface area contributed by atoms with Crippen LogP contribution in [0.5, 0.6) is 0 Å². The SMILES string of the molecule is O=C(NC1c2ccccc2-c2c(-c3nc4ccncc4[nH]3)cccc21)c1ccnc(Br)c1.O=C(O)c1cccnc1. The second-order valence-electron chi connectivity index (χ2n) is 9.16. The summed E-state index contributed by atoms with van der Waals surface area (Å²) < 4.78 is 0.624. The predicted molar refractivity (Wildman–Crippen MR) is 157 cm³/mol. The molecule has 0 fully saturated rings. The molecule has 3 N–H and O–H groups in total. The van der Waals surface area contributed by atoms with Crippen LogP contribution in [0.4, 0.5) is 0 Å². The number of carbonyl (C=O) groups is 2. The van der Waals surface area contributed by atoms with Crippen molar-refractivity contribution in [3.63, 3.8) is 0 Å². The quantitative estimate of drug-likeness (QED) is 0.208. The molecule has 6 aromatic rings. The zero-order valence-corrected chi connectivity index (χ0v) is 22.9. The number of aromatic amines is 1. The Morgan fingerprint density at radius 2 is 1.63 bits per heavy atom. The van der Waals surface area contributed by atoms with Crippen LogP contribution in [0.1, 0.15) is 37.9 Å². The number of aromatic carboxylic acids is 1. The molecule has 1 aliphatic carbocycles. The highest BCUT2D eigenvalue weighted by molar-refractivity contribution is 9.10. The summed E-state index contributed by atoms with van der Waals surface area (Å²) in [6.07, 6.45) is 7.97. The number of amides is 1. The van der Waals surface area contributed by atoms with E-state index in [0.29, 0.717) is 10.2 Å². The Balaban J connectivity index is 0.000000289. The van der Waals surface area contributed by atoms with Gasteiger partial charge in [0.15, 0.2) is 0 Å². The second kappa shape index (κ2) is 11.1. The highest BCUT2D eigenvalue weighted by Crippen LogP contribution is 2.47. The van der Waals surface area contributed by atoms with Gasteiger partial charge in [0.2, 0.25) is 0 Å². The Morgan fingerprint density at radius 1 is 0.829 bits per heavy atom. The van der Waals surface area contributed by atoms with Gasteiger partial charge in [-0.1, -0.05) is 42.5 Å². The minimum Gasteiger partial charge on any atom is -0.478 e. The van der Waals surface area contributed by atoms with Crippen LogP contribution >= 0.6 is 15.9 Å². The number of hydrogen-bond acceptors (Lipinski definition) is 6. The molecule has 0 spiro atoms. The zero-order chi connectivity index (χ0) is 28.3. The standard InChI is InChI=1S/C25H16BrN5O.C6H5NO2/c26-21-12-14(8-11-28-21)25(32)31-23-16-5-2-1-4-15(16)22-17(23)6-3-7-18(22)24-29-19-9-10-27-13-20(19)30-24;8-6(9)5-2-1-3-7-4-5/h1-13,23H,(H,29,30)(H,31,32);1-4H,(H,8,9). The average Bonchev–Trinajstić information content (AvgIpc) is 3.58. The lowest BCUT2D eigenvalue weighted by Gasteiger charge is -2.16. The molecule has 4 aromatic heterocycles. The van der Waals surface area contributed by atoms with Gasteiger partial charge in [-0.2, -0.15) is 0 Å². The number of fused-ring (bicyclic) bond motifs is 4. The summed E-state index contributed by atoms with van der Waals surface area (Å²) in [5.41, 5.74) is 7.81. The van der Waals surface area contributed by atoms with E-state index < -0.39 is 5.97 Å². The van der Waals surface area contributed by atoms with Crippen LogP contribution in [0.15, 0.2) is 108 Å². The Labute approximate surface area is 242 Å². The third-order valence-electron chi connectivity index (χ3n) is 6.66. The van der Waals surface area contributed by atoms with Gasteiger partial charge in [-0.15, -0.1) is 0 Å². The van der Waals surface area contributed by atoms with Crippen molar-refractivity contribution in [1.29, 1.82) is 0 Å². The normalized spacial score (nSPS) is 13.0. The van der Waals surface area contributed by atoms with Crippen molar-refractivity contribution >= 4 is 38.8 Å². The summed E-state index contributed by atoms with van der Waals surface area (Å²) in [7, 11) is 0. The Bertz CT molecular complexity index is 1870. The summed E-state index contributed by atoms with van der Waals surface area (Å²) in [6.45, 7) is 0. The number of nitrogens with one attached hydrogen (secondary N) is 2. The van der Waals surface area contributed by atoms with E-state index >= 15 is 0 Å². The van der Waals surface area contributed by atoms with Gasteiger partial charge in [0.1, 0.15) is 10.4 Å². The largest absolute Gasteiger partial charge is 0.478 e. The molecule has 0 saturated heterocycles. The first kappa shape index (κ1) is 26.0. The summed E-state index contributed by atoms with van der Waals surface area (Å²) in [6, 6.07) is 22.5. The van der Waals surface area contributed by atoms with Crippen molar-refractivity contribution in [3.8, 4) is 22.5 Å². The first-order valence-electron chi connectivity index (χ1n) is 12.6. The van der Waals surface area contributed by atoms with Crippen molar-refractivity contribution < 1.29 is 14.7 Å². The van der Waals surface area contributed by atoms with Gasteiger partial charge in [0.25, 0.3) is 5.91 Å². The minimum absolute atomic E-state index is 0.152. The van der Waals surface area contributed by atoms with Gasteiger partial charge in [0.05, 0.1) is 28.8 Å². The maximum atomic E-state index is 13.1. The van der Waals surface area contributed by atoms with Crippen molar-refractivity contribution in [2.45, 2.75) is 6.04 Å². The Kier molecular flexibility index (Phi) is 7.05. The van der Waals surface area contributed by atoms with Gasteiger partial charge in [-0.3, -0.25) is 14.8 Å². The molecule has 1 amide bonds. The molecule has 41 heavy (non-hydrogen) atoms. The Hall–Kier alpha value is -5.22. The predicted octanol–water partition coefficient (Wildman–Crippen LogP) is 6.06. The van der Waals surface area contributed by atoms with E-state index in [4.69, 9.17) is 10.1 Å². The fraction of sp³-hybridized carbons (Fsp3) is 0.0323. The monoisotopic (exact) mass is 604 g/mol. The summed E-state index contributed by atoms with van der Waals surface area (Å²) in [5, 5.41) is 11.6. The molecule has 10 heteroatoms. The molecule has 7 rings (SSSR count). The summed E-state index contributed by atoms with van der Waals surface area (Å²) >= 11 is 3.34. The first-order valence-corrected chi connectivity index (χ1v) is 13.4. The van der Waals surface area contributed by atoms with Crippen LogP contribution in [0, 0.1) is 0 Å². The number of rotatable bonds is 4. The molecule has 0 aliphatic heterocycles. The van der Waals surface area contributed by atoms with Crippen LogP contribution in [0.2, 0.25) is 0 Å². The molecule has 1 unspecified atom stereocenters. The van der Waals surface area contributed by atoms with Crippen LogP contribution in [0.3, 0.4) is 0 Å². The van der Waals surface area contributed by atoms with Gasteiger partial charge >= 0.3 is 5.97 Å². The molecule has 2 aromatic carbocycles. The molecule has 9 nitrogen and oxygen atoms in total. The molecular weight excluding hydrogens is 584 g/mol. The molecule has 1 aliphatic rings.